The Morgan fingerprint density at radius 1 is 0.351 bits per heavy atom. The summed E-state index contributed by atoms with van der Waals surface area (Å²) in [5, 5.41) is 32.8. The number of hydrogen-bond donors (Lipinski definition) is 0. The summed E-state index contributed by atoms with van der Waals surface area (Å²) in [7, 11) is 0. The van der Waals surface area contributed by atoms with Crippen molar-refractivity contribution in [3.05, 3.63) is 242 Å². The van der Waals surface area contributed by atoms with Crippen molar-refractivity contribution in [1.29, 1.82) is 10.5 Å². The Bertz CT molecular complexity index is 4670. The van der Waals surface area contributed by atoms with Gasteiger partial charge in [0, 0.05) is 58.9 Å². The highest BCUT2D eigenvalue weighted by molar-refractivity contribution is 7.26. The molecule has 0 bridgehead atoms. The molecule has 0 atom stereocenters. The van der Waals surface area contributed by atoms with E-state index in [1.54, 1.807) is 11.3 Å². The van der Waals surface area contributed by atoms with Crippen LogP contribution in [0.3, 0.4) is 0 Å². The van der Waals surface area contributed by atoms with Gasteiger partial charge in [0.15, 0.2) is 5.58 Å². The lowest BCUT2D eigenvalue weighted by atomic mass is 9.86. The van der Waals surface area contributed by atoms with Gasteiger partial charge in [-0.15, -0.1) is 11.3 Å². The Morgan fingerprint density at radius 2 is 0.811 bits per heavy atom. The third-order valence-electron chi connectivity index (χ3n) is 15.0. The van der Waals surface area contributed by atoms with Gasteiger partial charge in [0.05, 0.1) is 49.3 Å². The van der Waals surface area contributed by atoms with Gasteiger partial charge in [-0.05, 0) is 63.7 Å². The van der Waals surface area contributed by atoms with E-state index in [4.69, 9.17) is 4.42 Å². The third kappa shape index (κ3) is 6.01. The highest BCUT2D eigenvalue weighted by atomic mass is 32.1. The molecule has 0 aliphatic rings. The van der Waals surface area contributed by atoms with Crippen LogP contribution in [-0.4, -0.2) is 9.13 Å². The molecule has 6 heteroatoms. The van der Waals surface area contributed by atoms with Crippen molar-refractivity contribution in [2.75, 3.05) is 0 Å². The molecule has 0 aliphatic heterocycles. The van der Waals surface area contributed by atoms with Crippen LogP contribution in [0.2, 0.25) is 0 Å². The molecular weight excluding hydrogens is 921 g/mol. The second-order valence-corrected chi connectivity index (χ2v) is 19.9. The van der Waals surface area contributed by atoms with Crippen LogP contribution in [0.25, 0.3) is 142 Å². The first kappa shape index (κ1) is 41.8. The van der Waals surface area contributed by atoms with Gasteiger partial charge < -0.3 is 13.6 Å². The number of fused-ring (bicyclic) bond motifs is 14. The maximum atomic E-state index is 12.2. The van der Waals surface area contributed by atoms with E-state index in [9.17, 15) is 10.5 Å². The molecule has 15 rings (SSSR count). The Balaban J connectivity index is 1.24. The number of hydrogen-bond acceptors (Lipinski definition) is 4. The zero-order valence-electron chi connectivity index (χ0n) is 39.5. The fourth-order valence-electron chi connectivity index (χ4n) is 11.8. The molecule has 74 heavy (non-hydrogen) atoms. The van der Waals surface area contributed by atoms with Crippen LogP contribution >= 0.6 is 11.3 Å². The van der Waals surface area contributed by atoms with Crippen LogP contribution in [0, 0.1) is 22.7 Å². The van der Waals surface area contributed by atoms with Crippen LogP contribution in [0.1, 0.15) is 11.1 Å². The second kappa shape index (κ2) is 16.3. The van der Waals surface area contributed by atoms with Crippen LogP contribution in [0.4, 0.5) is 0 Å². The topological polar surface area (TPSA) is 70.6 Å². The predicted molar refractivity (Wildman–Crippen MR) is 306 cm³/mol. The molecule has 0 amide bonds. The molecule has 0 radical (unpaired) electrons. The Labute approximate surface area is 428 Å². The second-order valence-electron chi connectivity index (χ2n) is 18.9. The minimum atomic E-state index is 0.385. The van der Waals surface area contributed by atoms with Gasteiger partial charge in [-0.1, -0.05) is 200 Å². The molecule has 0 saturated heterocycles. The van der Waals surface area contributed by atoms with E-state index >= 15 is 0 Å². The van der Waals surface area contributed by atoms with Gasteiger partial charge in [0.25, 0.3) is 0 Å². The number of furan rings is 1. The molecule has 0 fully saturated rings. The number of nitrogens with zero attached hydrogens (tertiary/aromatic N) is 4. The summed E-state index contributed by atoms with van der Waals surface area (Å²) in [6.07, 6.45) is 0. The number of nitriles is 2. The third-order valence-corrected chi connectivity index (χ3v) is 16.2. The van der Waals surface area contributed by atoms with Crippen molar-refractivity contribution in [3.8, 4) is 68.0 Å². The molecule has 11 aromatic carbocycles. The van der Waals surface area contributed by atoms with Gasteiger partial charge in [-0.3, -0.25) is 0 Å². The summed E-state index contributed by atoms with van der Waals surface area (Å²) >= 11 is 1.76. The Hall–Kier alpha value is -9.98. The standard InChI is InChI=1S/C68H38N4OS/c69-39-55-61(43-21-9-3-10-22-43)56(40-70)64(72-65-51(33-35-53-49-25-13-15-27-59(49)73-67(53)65)52-34-36-54-50-26-14-16-28-60(50)74-68(54)66(52)72)62(44-23-11-4-12-24-44)63(55)71-57-37-45(41-17-5-1-6-18-41)29-31-47(57)48-32-30-46(38-58(48)71)42-19-7-2-8-20-42/h1-38H. The molecule has 4 heterocycles. The number of benzene rings is 11. The molecule has 0 aliphatic carbocycles. The summed E-state index contributed by atoms with van der Waals surface area (Å²) in [5.41, 5.74) is 14.5. The zero-order chi connectivity index (χ0) is 49.0. The zero-order valence-corrected chi connectivity index (χ0v) is 40.4. The Kier molecular flexibility index (Phi) is 9.19. The molecule has 342 valence electrons. The smallest absolute Gasteiger partial charge is 0.160 e. The van der Waals surface area contributed by atoms with E-state index in [-0.39, 0.29) is 0 Å². The SMILES string of the molecule is N#Cc1c(-c2ccccc2)c(C#N)c(-n2c3c(ccc4c5ccccc5oc43)c3ccc4c5ccccc5sc4c32)c(-c2ccccc2)c1-n1c2cc(-c3ccccc3)ccc2c2ccc(-c3ccccc3)cc21. The highest BCUT2D eigenvalue weighted by Crippen LogP contribution is 2.52. The van der Waals surface area contributed by atoms with Crippen molar-refractivity contribution >= 4 is 97.1 Å². The molecule has 0 spiro atoms. The lowest BCUT2D eigenvalue weighted by molar-refractivity contribution is 0.671. The normalized spacial score (nSPS) is 11.8. The van der Waals surface area contributed by atoms with E-state index < -0.39 is 0 Å². The molecule has 0 N–H and O–H groups in total. The van der Waals surface area contributed by atoms with E-state index in [2.05, 4.69) is 179 Å². The summed E-state index contributed by atoms with van der Waals surface area (Å²) in [6.45, 7) is 0. The first-order valence-electron chi connectivity index (χ1n) is 24.7. The van der Waals surface area contributed by atoms with Crippen LogP contribution in [0.5, 0.6) is 0 Å². The fourth-order valence-corrected chi connectivity index (χ4v) is 13.0. The molecule has 4 aromatic heterocycles. The number of aromatic nitrogens is 2. The number of para-hydroxylation sites is 1. The summed E-state index contributed by atoms with van der Waals surface area (Å²) < 4.78 is 14.0. The minimum absolute atomic E-state index is 0.385. The van der Waals surface area contributed by atoms with Gasteiger partial charge in [0.1, 0.15) is 17.7 Å². The Morgan fingerprint density at radius 3 is 1.41 bits per heavy atom. The van der Waals surface area contributed by atoms with Gasteiger partial charge in [0.2, 0.25) is 0 Å². The summed E-state index contributed by atoms with van der Waals surface area (Å²) in [5.74, 6) is 0. The van der Waals surface area contributed by atoms with Crippen molar-refractivity contribution < 1.29 is 4.42 Å². The van der Waals surface area contributed by atoms with Crippen molar-refractivity contribution in [3.63, 3.8) is 0 Å². The van der Waals surface area contributed by atoms with E-state index in [1.165, 1.54) is 10.1 Å². The van der Waals surface area contributed by atoms with Crippen LogP contribution in [-0.2, 0) is 0 Å². The molecular formula is C68H38N4OS. The first-order chi connectivity index (χ1) is 36.7. The first-order valence-corrected chi connectivity index (χ1v) is 25.5. The van der Waals surface area contributed by atoms with E-state index in [0.29, 0.717) is 28.1 Å². The quantitative estimate of drug-likeness (QED) is 0.167. The summed E-state index contributed by atoms with van der Waals surface area (Å²) in [6, 6.07) is 85.9. The molecule has 15 aromatic rings. The largest absolute Gasteiger partial charge is 0.454 e. The average Bonchev–Trinajstić information content (AvgIpc) is 4.24. The van der Waals surface area contributed by atoms with Crippen molar-refractivity contribution in [2.24, 2.45) is 0 Å². The minimum Gasteiger partial charge on any atom is -0.454 e. The highest BCUT2D eigenvalue weighted by Gasteiger charge is 2.33. The maximum absolute atomic E-state index is 12.2. The van der Waals surface area contributed by atoms with Crippen LogP contribution in [0.15, 0.2) is 235 Å². The number of thiophene rings is 1. The van der Waals surface area contributed by atoms with Crippen molar-refractivity contribution in [1.82, 2.24) is 9.13 Å². The lowest BCUT2D eigenvalue weighted by Crippen LogP contribution is -2.11. The van der Waals surface area contributed by atoms with Crippen LogP contribution < -0.4 is 0 Å². The van der Waals surface area contributed by atoms with Crippen molar-refractivity contribution in [2.45, 2.75) is 0 Å². The average molecular weight is 959 g/mol. The monoisotopic (exact) mass is 958 g/mol. The number of rotatable bonds is 6. The van der Waals surface area contributed by atoms with E-state index in [1.807, 2.05) is 72.8 Å². The molecule has 5 nitrogen and oxygen atoms in total. The lowest BCUT2D eigenvalue weighted by Gasteiger charge is -2.25. The van der Waals surface area contributed by atoms with Gasteiger partial charge in [-0.25, -0.2) is 0 Å². The summed E-state index contributed by atoms with van der Waals surface area (Å²) in [4.78, 5) is 0. The van der Waals surface area contributed by atoms with Gasteiger partial charge >= 0.3 is 0 Å². The van der Waals surface area contributed by atoms with Gasteiger partial charge in [-0.2, -0.15) is 10.5 Å². The maximum Gasteiger partial charge on any atom is 0.160 e. The van der Waals surface area contributed by atoms with E-state index in [0.717, 1.165) is 115 Å². The molecule has 0 unspecified atom stereocenters. The predicted octanol–water partition coefficient (Wildman–Crippen LogP) is 18.6. The molecule has 0 saturated carbocycles. The fraction of sp³-hybridized carbons (Fsp3) is 0.